The number of carbonyl (C=O) groups is 2. The second kappa shape index (κ2) is 21.3. The van der Waals surface area contributed by atoms with Crippen LogP contribution in [-0.2, 0) is 19.1 Å². The van der Waals surface area contributed by atoms with E-state index in [4.69, 9.17) is 19.5 Å². The van der Waals surface area contributed by atoms with Crippen LogP contribution in [0, 0.1) is 27.7 Å². The topological polar surface area (TPSA) is 206 Å². The van der Waals surface area contributed by atoms with Crippen molar-refractivity contribution in [2.45, 2.75) is 67.6 Å². The summed E-state index contributed by atoms with van der Waals surface area (Å²) < 4.78 is 13.7. The molecule has 6 rings (SSSR count). The molecule has 2 aromatic carbocycles. The highest BCUT2D eigenvalue weighted by molar-refractivity contribution is 9.12. The number of rotatable bonds is 10. The van der Waals surface area contributed by atoms with Gasteiger partial charge >= 0.3 is 19.1 Å². The van der Waals surface area contributed by atoms with Crippen LogP contribution in [0.4, 0.5) is 0 Å². The zero-order valence-electron chi connectivity index (χ0n) is 33.3. The first-order valence-corrected chi connectivity index (χ1v) is 18.7. The van der Waals surface area contributed by atoms with Gasteiger partial charge in [0.15, 0.2) is 11.6 Å². The third-order valence-corrected chi connectivity index (χ3v) is 7.86. The van der Waals surface area contributed by atoms with Gasteiger partial charge in [0.2, 0.25) is 0 Å². The van der Waals surface area contributed by atoms with Crippen molar-refractivity contribution in [1.82, 2.24) is 49.5 Å². The Morgan fingerprint density at radius 2 is 1.07 bits per heavy atom. The van der Waals surface area contributed by atoms with Gasteiger partial charge in [0.25, 0.3) is 0 Å². The molecule has 0 aliphatic carbocycles. The second-order valence-electron chi connectivity index (χ2n) is 13.4. The third-order valence-electron chi connectivity index (χ3n) is 7.33. The maximum Gasteiger partial charge on any atom is 0.491 e. The predicted molar refractivity (Wildman–Crippen MR) is 224 cm³/mol. The van der Waals surface area contributed by atoms with Gasteiger partial charge in [-0.2, -0.15) is 0 Å². The average molecular weight is 852 g/mol. The van der Waals surface area contributed by atoms with Crippen LogP contribution in [0.3, 0.4) is 0 Å². The first-order valence-electron chi connectivity index (χ1n) is 17.9. The molecule has 300 valence electrons. The van der Waals surface area contributed by atoms with Crippen LogP contribution in [0.1, 0.15) is 55.5 Å². The molecule has 0 saturated carbocycles. The Balaban J connectivity index is 0.000000214. The van der Waals surface area contributed by atoms with Crippen LogP contribution in [0.2, 0.25) is 0 Å². The molecule has 0 unspecified atom stereocenters. The van der Waals surface area contributed by atoms with E-state index in [-0.39, 0.29) is 16.7 Å². The van der Waals surface area contributed by atoms with Crippen molar-refractivity contribution in [2.75, 3.05) is 0 Å². The van der Waals surface area contributed by atoms with E-state index in [1.54, 1.807) is 58.9 Å². The molecular weight excluding hydrogens is 807 g/mol. The van der Waals surface area contributed by atoms with Crippen LogP contribution in [0.25, 0.3) is 40.7 Å². The highest BCUT2D eigenvalue weighted by Crippen LogP contribution is 2.21. The van der Waals surface area contributed by atoms with Crippen molar-refractivity contribution in [2.24, 2.45) is 0 Å². The largest absolute Gasteiger partial charge is 0.491 e. The van der Waals surface area contributed by atoms with Crippen LogP contribution < -0.4 is 5.46 Å². The molecule has 4 aromatic heterocycles. The van der Waals surface area contributed by atoms with E-state index < -0.39 is 19.1 Å². The molecule has 16 nitrogen and oxygen atoms in total. The van der Waals surface area contributed by atoms with Crippen molar-refractivity contribution < 1.29 is 29.1 Å². The first kappa shape index (κ1) is 44.5. The van der Waals surface area contributed by atoms with Gasteiger partial charge in [-0.05, 0) is 95.6 Å². The minimum Gasteiger partial charge on any atom is -0.459 e. The van der Waals surface area contributed by atoms with E-state index in [1.807, 2.05) is 52.0 Å². The van der Waals surface area contributed by atoms with Gasteiger partial charge in [-0.3, -0.25) is 0 Å². The first-order chi connectivity index (χ1) is 27.6. The van der Waals surface area contributed by atoms with E-state index in [1.165, 1.54) is 40.6 Å². The number of hydrogen-bond donors (Lipinski definition) is 2. The van der Waals surface area contributed by atoms with Crippen molar-refractivity contribution in [3.05, 3.63) is 119 Å². The fourth-order valence-corrected chi connectivity index (χ4v) is 5.43. The predicted octanol–water partition coefficient (Wildman–Crippen LogP) is 5.16. The van der Waals surface area contributed by atoms with Crippen molar-refractivity contribution in [3.63, 3.8) is 0 Å². The lowest BCUT2D eigenvalue weighted by atomic mass is 9.83. The number of carbonyl (C=O) groups excluding carboxylic acids is 2. The van der Waals surface area contributed by atoms with Gasteiger partial charge in [-0.25, -0.2) is 48.9 Å². The number of benzene rings is 2. The standard InChI is InChI=1S/C20H21N5O2.C16H18BrN3O2.C4H5BN2O2/c1-13(2)27-20(26)18(17-8-21-11-22-9-17)10-25-12-23-19(24-25)16-6-14(3)5-15(4)7-16;1-10(2)22-16(21)14(17)8-20-9-18-15(19-20)13-6-11(3)5-12(4)7-13;8-5(9)4-1-6-3-7-2-4/h5-13H,1-4H3;5-10H,1-4H3;1-3,8-9H/b18-10+;14-8-;. The lowest BCUT2D eigenvalue weighted by Gasteiger charge is -2.10. The normalized spacial score (nSPS) is 11.3. The zero-order chi connectivity index (χ0) is 42.4. The lowest BCUT2D eigenvalue weighted by molar-refractivity contribution is -0.142. The summed E-state index contributed by atoms with van der Waals surface area (Å²) in [5.41, 5.74) is 7.62. The fraction of sp³-hybridized carbons (Fsp3) is 0.250. The molecule has 0 atom stereocenters. The quantitative estimate of drug-likeness (QED) is 0.104. The molecule has 0 bridgehead atoms. The van der Waals surface area contributed by atoms with Gasteiger partial charge < -0.3 is 19.5 Å². The molecular formula is C40H44BBrN10O6. The summed E-state index contributed by atoms with van der Waals surface area (Å²) in [6, 6.07) is 12.3. The minimum absolute atomic E-state index is 0.171. The van der Waals surface area contributed by atoms with E-state index in [0.29, 0.717) is 28.2 Å². The molecule has 4 heterocycles. The maximum atomic E-state index is 12.5. The van der Waals surface area contributed by atoms with Crippen molar-refractivity contribution in [1.29, 1.82) is 0 Å². The van der Waals surface area contributed by atoms with Crippen LogP contribution in [0.5, 0.6) is 0 Å². The Hall–Kier alpha value is -6.24. The summed E-state index contributed by atoms with van der Waals surface area (Å²) in [5, 5.41) is 25.8. The van der Waals surface area contributed by atoms with Gasteiger partial charge in [-0.1, -0.05) is 34.4 Å². The van der Waals surface area contributed by atoms with Gasteiger partial charge in [0.05, 0.1) is 24.0 Å². The molecule has 0 amide bonds. The Bertz CT molecular complexity index is 2310. The molecule has 0 aliphatic rings. The minimum atomic E-state index is -1.47. The van der Waals surface area contributed by atoms with Crippen LogP contribution in [-0.4, -0.2) is 90.8 Å². The van der Waals surface area contributed by atoms with Gasteiger partial charge in [0.1, 0.15) is 29.8 Å². The number of esters is 2. The second-order valence-corrected chi connectivity index (χ2v) is 14.3. The summed E-state index contributed by atoms with van der Waals surface area (Å²) in [6.45, 7) is 15.3. The molecule has 0 fully saturated rings. The monoisotopic (exact) mass is 850 g/mol. The third kappa shape index (κ3) is 14.1. The number of nitrogens with zero attached hydrogens (tertiary/aromatic N) is 10. The molecule has 58 heavy (non-hydrogen) atoms. The fourth-order valence-electron chi connectivity index (χ4n) is 5.12. The smallest absolute Gasteiger partial charge is 0.459 e. The van der Waals surface area contributed by atoms with E-state index in [9.17, 15) is 9.59 Å². The van der Waals surface area contributed by atoms with Gasteiger partial charge in [0, 0.05) is 53.1 Å². The number of halogens is 1. The van der Waals surface area contributed by atoms with Crippen molar-refractivity contribution in [3.8, 4) is 22.8 Å². The molecule has 2 N–H and O–H groups in total. The van der Waals surface area contributed by atoms with E-state index >= 15 is 0 Å². The highest BCUT2D eigenvalue weighted by atomic mass is 79.9. The Kier molecular flexibility index (Phi) is 16.4. The van der Waals surface area contributed by atoms with Gasteiger partial charge in [-0.15, -0.1) is 10.2 Å². The van der Waals surface area contributed by atoms with Crippen molar-refractivity contribution >= 4 is 58.4 Å². The van der Waals surface area contributed by atoms with E-state index in [2.05, 4.69) is 68.2 Å². The summed E-state index contributed by atoms with van der Waals surface area (Å²) in [7, 11) is -1.47. The lowest BCUT2D eigenvalue weighted by Crippen LogP contribution is -2.30. The number of hydrogen-bond acceptors (Lipinski definition) is 14. The average Bonchev–Trinajstić information content (AvgIpc) is 3.84. The van der Waals surface area contributed by atoms with Crippen LogP contribution >= 0.6 is 15.9 Å². The Morgan fingerprint density at radius 3 is 1.48 bits per heavy atom. The SMILES string of the molecule is Cc1cc(C)cc(-c2ncn(/C=C(/C(=O)OC(C)C)c3cncnc3)n2)c1.Cc1cc(C)cc(-c2ncn(/C=C(\Br)C(=O)OC(C)C)n2)c1.OB(O)c1cncnc1. The number of aryl methyl sites for hydroxylation is 4. The maximum absolute atomic E-state index is 12.5. The zero-order valence-corrected chi connectivity index (χ0v) is 34.9. The molecule has 0 radical (unpaired) electrons. The molecule has 18 heteroatoms. The molecule has 0 aliphatic heterocycles. The summed E-state index contributed by atoms with van der Waals surface area (Å²) >= 11 is 3.20. The van der Waals surface area contributed by atoms with E-state index in [0.717, 1.165) is 33.4 Å². The summed E-state index contributed by atoms with van der Waals surface area (Å²) in [6.07, 6.45) is 14.3. The summed E-state index contributed by atoms with van der Waals surface area (Å²) in [4.78, 5) is 48.0. The van der Waals surface area contributed by atoms with Crippen LogP contribution in [0.15, 0.2) is 91.0 Å². The summed E-state index contributed by atoms with van der Waals surface area (Å²) in [5.74, 6) is 0.293. The Morgan fingerprint density at radius 1 is 0.655 bits per heavy atom. The molecule has 6 aromatic rings. The number of ether oxygens (including phenoxy) is 2. The Labute approximate surface area is 345 Å². The number of aromatic nitrogens is 10. The molecule has 0 saturated heterocycles. The molecule has 0 spiro atoms. The highest BCUT2D eigenvalue weighted by Gasteiger charge is 2.17.